The molecule has 0 bridgehead atoms. The average Bonchev–Trinajstić information content (AvgIpc) is 2.76. The van der Waals surface area contributed by atoms with E-state index in [1.807, 2.05) is 6.07 Å². The quantitative estimate of drug-likeness (QED) is 0.654. The van der Waals surface area contributed by atoms with Crippen LogP contribution < -0.4 is 11.1 Å². The number of terminal acetylenes is 1. The molecule has 0 spiro atoms. The molecule has 0 aliphatic heterocycles. The Morgan fingerprint density at radius 1 is 1.45 bits per heavy atom. The van der Waals surface area contributed by atoms with Crippen LogP contribution in [-0.2, 0) is 0 Å². The number of rotatable bonds is 5. The molecule has 2 rings (SSSR count). The second-order valence-electron chi connectivity index (χ2n) is 4.40. The molecule has 3 N–H and O–H groups in total. The zero-order valence-electron chi connectivity index (χ0n) is 10.9. The number of carbonyl (C=O) groups excluding carboxylic acids is 1. The van der Waals surface area contributed by atoms with Gasteiger partial charge in [0.15, 0.2) is 0 Å². The Morgan fingerprint density at radius 3 is 3.00 bits per heavy atom. The van der Waals surface area contributed by atoms with Crippen LogP contribution in [0, 0.1) is 12.3 Å². The summed E-state index contributed by atoms with van der Waals surface area (Å²) in [4.78, 5) is 12.6. The maximum atomic E-state index is 12.1. The molecular formula is C15H15ClN2OS. The molecule has 0 saturated carbocycles. The van der Waals surface area contributed by atoms with Gasteiger partial charge in [0.25, 0.3) is 5.91 Å². The molecule has 0 fully saturated rings. The van der Waals surface area contributed by atoms with Gasteiger partial charge in [0.05, 0.1) is 5.69 Å². The summed E-state index contributed by atoms with van der Waals surface area (Å²) in [6.45, 7) is 0.606. The predicted octanol–water partition coefficient (Wildman–Crippen LogP) is 3.67. The summed E-state index contributed by atoms with van der Waals surface area (Å²) in [5.41, 5.74) is 6.52. The number of nitrogens with one attached hydrogen (secondary N) is 1. The van der Waals surface area contributed by atoms with Gasteiger partial charge in [-0.15, -0.1) is 23.7 Å². The van der Waals surface area contributed by atoms with Crippen LogP contribution in [-0.4, -0.2) is 12.5 Å². The molecule has 1 aromatic carbocycles. The minimum atomic E-state index is -0.138. The Morgan fingerprint density at radius 2 is 2.25 bits per heavy atom. The third-order valence-corrected chi connectivity index (χ3v) is 4.35. The van der Waals surface area contributed by atoms with Crippen molar-refractivity contribution in [2.75, 3.05) is 12.3 Å². The van der Waals surface area contributed by atoms with Crippen molar-refractivity contribution in [3.8, 4) is 12.3 Å². The van der Waals surface area contributed by atoms with E-state index in [0.29, 0.717) is 22.1 Å². The Labute approximate surface area is 127 Å². The number of fused-ring (bicyclic) bond motifs is 1. The lowest BCUT2D eigenvalue weighted by atomic mass is 10.2. The number of hydrogen-bond donors (Lipinski definition) is 2. The number of thiophene rings is 1. The molecule has 20 heavy (non-hydrogen) atoms. The van der Waals surface area contributed by atoms with Crippen molar-refractivity contribution in [2.45, 2.75) is 19.3 Å². The summed E-state index contributed by atoms with van der Waals surface area (Å²) < 4.78 is 0.962. The molecule has 0 aliphatic carbocycles. The fourth-order valence-electron chi connectivity index (χ4n) is 1.89. The fourth-order valence-corrected chi connectivity index (χ4v) is 3.08. The number of hydrogen-bond acceptors (Lipinski definition) is 3. The van der Waals surface area contributed by atoms with E-state index < -0.39 is 0 Å². The molecule has 0 aliphatic rings. The normalized spacial score (nSPS) is 10.4. The van der Waals surface area contributed by atoms with Gasteiger partial charge in [0, 0.05) is 28.1 Å². The number of amides is 1. The van der Waals surface area contributed by atoms with Gasteiger partial charge in [-0.1, -0.05) is 11.6 Å². The molecule has 0 radical (unpaired) electrons. The van der Waals surface area contributed by atoms with Crippen molar-refractivity contribution < 1.29 is 4.79 Å². The first-order valence-electron chi connectivity index (χ1n) is 6.32. The molecule has 3 nitrogen and oxygen atoms in total. The van der Waals surface area contributed by atoms with E-state index in [0.717, 1.165) is 29.3 Å². The second-order valence-corrected chi connectivity index (χ2v) is 5.89. The third kappa shape index (κ3) is 3.24. The van der Waals surface area contributed by atoms with E-state index in [2.05, 4.69) is 11.2 Å². The number of halogens is 1. The molecule has 104 valence electrons. The van der Waals surface area contributed by atoms with E-state index in [-0.39, 0.29) is 5.91 Å². The monoisotopic (exact) mass is 306 g/mol. The minimum Gasteiger partial charge on any atom is -0.397 e. The van der Waals surface area contributed by atoms with Crippen LogP contribution in [0.1, 0.15) is 28.9 Å². The van der Waals surface area contributed by atoms with Crippen LogP contribution in [0.2, 0.25) is 5.02 Å². The largest absolute Gasteiger partial charge is 0.397 e. The highest BCUT2D eigenvalue weighted by Gasteiger charge is 2.16. The van der Waals surface area contributed by atoms with E-state index in [9.17, 15) is 4.79 Å². The van der Waals surface area contributed by atoms with Crippen molar-refractivity contribution >= 4 is 44.6 Å². The van der Waals surface area contributed by atoms with E-state index >= 15 is 0 Å². The predicted molar refractivity (Wildman–Crippen MR) is 86.3 cm³/mol. The average molecular weight is 307 g/mol. The van der Waals surface area contributed by atoms with E-state index in [1.165, 1.54) is 11.3 Å². The van der Waals surface area contributed by atoms with Gasteiger partial charge in [-0.05, 0) is 31.0 Å². The lowest BCUT2D eigenvalue weighted by molar-refractivity contribution is 0.0958. The van der Waals surface area contributed by atoms with Crippen molar-refractivity contribution in [1.82, 2.24) is 5.32 Å². The summed E-state index contributed by atoms with van der Waals surface area (Å²) in [6, 6.07) is 5.45. The number of nitrogen functional groups attached to an aromatic ring is 1. The molecule has 1 aromatic heterocycles. The standard InChI is InChI=1S/C15H15ClN2OS/c1-2-3-4-5-8-18-15(19)14-13(17)11-9-10(16)6-7-12(11)20-14/h1,6-7,9H,3-5,8,17H2,(H,18,19). The number of unbranched alkanes of at least 4 members (excludes halogenated alkanes) is 2. The topological polar surface area (TPSA) is 55.1 Å². The Hall–Kier alpha value is -1.70. The minimum absolute atomic E-state index is 0.138. The summed E-state index contributed by atoms with van der Waals surface area (Å²) >= 11 is 7.32. The van der Waals surface area contributed by atoms with Gasteiger partial charge in [0.2, 0.25) is 0 Å². The first-order chi connectivity index (χ1) is 9.63. The number of carbonyl (C=O) groups is 1. The summed E-state index contributed by atoms with van der Waals surface area (Å²) in [6.07, 6.45) is 7.69. The van der Waals surface area contributed by atoms with Crippen molar-refractivity contribution in [3.05, 3.63) is 28.1 Å². The molecule has 1 heterocycles. The van der Waals surface area contributed by atoms with Crippen LogP contribution in [0.4, 0.5) is 5.69 Å². The van der Waals surface area contributed by atoms with E-state index in [4.69, 9.17) is 23.8 Å². The molecule has 0 unspecified atom stereocenters. The van der Waals surface area contributed by atoms with Crippen LogP contribution in [0.15, 0.2) is 18.2 Å². The van der Waals surface area contributed by atoms with Gasteiger partial charge in [-0.25, -0.2) is 0 Å². The Balaban J connectivity index is 2.07. The smallest absolute Gasteiger partial charge is 0.263 e. The molecule has 5 heteroatoms. The fraction of sp³-hybridized carbons (Fsp3) is 0.267. The first kappa shape index (κ1) is 14.7. The van der Waals surface area contributed by atoms with Crippen LogP contribution in [0.3, 0.4) is 0 Å². The summed E-state index contributed by atoms with van der Waals surface area (Å²) in [5, 5.41) is 4.31. The second kappa shape index (κ2) is 6.65. The van der Waals surface area contributed by atoms with Gasteiger partial charge in [-0.2, -0.15) is 0 Å². The molecule has 2 aromatic rings. The van der Waals surface area contributed by atoms with Gasteiger partial charge in [-0.3, -0.25) is 4.79 Å². The van der Waals surface area contributed by atoms with Crippen LogP contribution >= 0.6 is 22.9 Å². The van der Waals surface area contributed by atoms with Crippen molar-refractivity contribution in [3.63, 3.8) is 0 Å². The first-order valence-corrected chi connectivity index (χ1v) is 7.52. The number of nitrogens with two attached hydrogens (primary N) is 1. The van der Waals surface area contributed by atoms with Gasteiger partial charge < -0.3 is 11.1 Å². The lowest BCUT2D eigenvalue weighted by Gasteiger charge is -2.03. The highest BCUT2D eigenvalue weighted by Crippen LogP contribution is 2.35. The molecule has 0 atom stereocenters. The molecule has 0 saturated heterocycles. The van der Waals surface area contributed by atoms with Crippen LogP contribution in [0.25, 0.3) is 10.1 Å². The SMILES string of the molecule is C#CCCCCNC(=O)c1sc2ccc(Cl)cc2c1N. The van der Waals surface area contributed by atoms with Gasteiger partial charge >= 0.3 is 0 Å². The van der Waals surface area contributed by atoms with Crippen LogP contribution in [0.5, 0.6) is 0 Å². The zero-order valence-corrected chi connectivity index (χ0v) is 12.5. The third-order valence-electron chi connectivity index (χ3n) is 2.93. The van der Waals surface area contributed by atoms with E-state index in [1.54, 1.807) is 12.1 Å². The Kier molecular flexibility index (Phi) is 4.89. The number of anilines is 1. The molecule has 1 amide bonds. The zero-order chi connectivity index (χ0) is 14.5. The highest BCUT2D eigenvalue weighted by atomic mass is 35.5. The van der Waals surface area contributed by atoms with Crippen molar-refractivity contribution in [1.29, 1.82) is 0 Å². The lowest BCUT2D eigenvalue weighted by Crippen LogP contribution is -2.24. The highest BCUT2D eigenvalue weighted by molar-refractivity contribution is 7.21. The number of benzene rings is 1. The molecular weight excluding hydrogens is 292 g/mol. The summed E-state index contributed by atoms with van der Waals surface area (Å²) in [5.74, 6) is 2.44. The maximum Gasteiger partial charge on any atom is 0.263 e. The maximum absolute atomic E-state index is 12.1. The summed E-state index contributed by atoms with van der Waals surface area (Å²) in [7, 11) is 0. The van der Waals surface area contributed by atoms with Crippen molar-refractivity contribution in [2.24, 2.45) is 0 Å². The Bertz CT molecular complexity index is 672. The van der Waals surface area contributed by atoms with Gasteiger partial charge in [0.1, 0.15) is 4.88 Å².